The number of halogens is 1. The van der Waals surface area contributed by atoms with Crippen LogP contribution in [0.5, 0.6) is 0 Å². The number of likely N-dealkylation sites (tertiary alicyclic amines) is 1. The largest absolute Gasteiger partial charge is 0.326 e. The van der Waals surface area contributed by atoms with Crippen molar-refractivity contribution >= 4 is 22.6 Å². The van der Waals surface area contributed by atoms with Gasteiger partial charge in [-0.25, -0.2) is 4.79 Å². The first-order chi connectivity index (χ1) is 14.7. The highest BCUT2D eigenvalue weighted by Gasteiger charge is 2.23. The normalized spacial score (nSPS) is 15.6. The molecular weight excluding hydrogens is 396 g/mol. The van der Waals surface area contributed by atoms with Gasteiger partial charge in [0, 0.05) is 42.5 Å². The molecule has 1 saturated heterocycles. The summed E-state index contributed by atoms with van der Waals surface area (Å²) >= 11 is 6.00. The van der Waals surface area contributed by atoms with Gasteiger partial charge in [-0.1, -0.05) is 35.9 Å². The third-order valence-electron chi connectivity index (χ3n) is 5.92. The number of hydrogen-bond acceptors (Lipinski definition) is 3. The number of benzene rings is 2. The van der Waals surface area contributed by atoms with E-state index < -0.39 is 0 Å². The van der Waals surface area contributed by atoms with Gasteiger partial charge in [-0.2, -0.15) is 0 Å². The second-order valence-electron chi connectivity index (χ2n) is 7.88. The van der Waals surface area contributed by atoms with E-state index in [-0.39, 0.29) is 11.7 Å². The van der Waals surface area contributed by atoms with Gasteiger partial charge in [-0.15, -0.1) is 0 Å². The number of piperidine rings is 1. The maximum Gasteiger partial charge on any atom is 0.326 e. The van der Waals surface area contributed by atoms with Crippen molar-refractivity contribution < 1.29 is 0 Å². The van der Waals surface area contributed by atoms with Gasteiger partial charge < -0.3 is 4.98 Å². The predicted octanol–water partition coefficient (Wildman–Crippen LogP) is 4.88. The van der Waals surface area contributed by atoms with Crippen LogP contribution in [-0.2, 0) is 6.54 Å². The van der Waals surface area contributed by atoms with E-state index in [1.165, 1.54) is 5.56 Å². The number of nitrogens with zero attached hydrogens (tertiary/aromatic N) is 3. The Hall–Kier alpha value is -2.89. The van der Waals surface area contributed by atoms with E-state index >= 15 is 0 Å². The Morgan fingerprint density at radius 1 is 1.03 bits per heavy atom. The first-order valence-electron chi connectivity index (χ1n) is 10.3. The highest BCUT2D eigenvalue weighted by Crippen LogP contribution is 2.26. The molecule has 0 unspecified atom stereocenters. The minimum absolute atomic E-state index is 0.00334. The zero-order chi connectivity index (χ0) is 20.5. The maximum absolute atomic E-state index is 12.5. The number of fused-ring (bicyclic) bond motifs is 1. The summed E-state index contributed by atoms with van der Waals surface area (Å²) in [6.45, 7) is 2.82. The van der Waals surface area contributed by atoms with Crippen molar-refractivity contribution in [3.05, 3.63) is 87.9 Å². The highest BCUT2D eigenvalue weighted by molar-refractivity contribution is 6.30. The molecule has 1 aliphatic rings. The number of para-hydroxylation sites is 2. The molecule has 30 heavy (non-hydrogen) atoms. The SMILES string of the molecule is O=c1[nH]c2ccccc2n1C1CCN(Cc2ccnc(-c3ccc(Cl)cc3)c2)CC1. The first-order valence-corrected chi connectivity index (χ1v) is 10.7. The number of pyridine rings is 1. The van der Waals surface area contributed by atoms with Crippen LogP contribution >= 0.6 is 11.6 Å². The van der Waals surface area contributed by atoms with Crippen LogP contribution in [0.4, 0.5) is 0 Å². The van der Waals surface area contributed by atoms with Crippen molar-refractivity contribution in [2.24, 2.45) is 0 Å². The lowest BCUT2D eigenvalue weighted by atomic mass is 10.0. The maximum atomic E-state index is 12.5. The first kappa shape index (κ1) is 19.1. The Kier molecular flexibility index (Phi) is 5.15. The van der Waals surface area contributed by atoms with Gasteiger partial charge in [0.1, 0.15) is 0 Å². The average molecular weight is 419 g/mol. The number of H-pyrrole nitrogens is 1. The van der Waals surface area contributed by atoms with Crippen LogP contribution < -0.4 is 5.69 Å². The fourth-order valence-corrected chi connectivity index (χ4v) is 4.51. The molecule has 6 heteroatoms. The van der Waals surface area contributed by atoms with Crippen LogP contribution in [0, 0.1) is 0 Å². The van der Waals surface area contributed by atoms with E-state index in [1.54, 1.807) is 0 Å². The van der Waals surface area contributed by atoms with E-state index in [2.05, 4.69) is 27.0 Å². The van der Waals surface area contributed by atoms with Gasteiger partial charge in [0.2, 0.25) is 0 Å². The third-order valence-corrected chi connectivity index (χ3v) is 6.17. The predicted molar refractivity (Wildman–Crippen MR) is 121 cm³/mol. The van der Waals surface area contributed by atoms with Crippen LogP contribution in [0.15, 0.2) is 71.7 Å². The van der Waals surface area contributed by atoms with Crippen LogP contribution in [0.1, 0.15) is 24.4 Å². The van der Waals surface area contributed by atoms with Gasteiger partial charge in [0.25, 0.3) is 0 Å². The number of nitrogens with one attached hydrogen (secondary N) is 1. The number of imidazole rings is 1. The number of hydrogen-bond donors (Lipinski definition) is 1. The molecule has 2 aromatic carbocycles. The van der Waals surface area contributed by atoms with E-state index in [4.69, 9.17) is 11.6 Å². The smallest absolute Gasteiger partial charge is 0.306 e. The lowest BCUT2D eigenvalue weighted by Crippen LogP contribution is -2.36. The van der Waals surface area contributed by atoms with E-state index in [9.17, 15) is 4.79 Å². The fraction of sp³-hybridized carbons (Fsp3) is 0.250. The Morgan fingerprint density at radius 3 is 2.60 bits per heavy atom. The number of aromatic amines is 1. The lowest BCUT2D eigenvalue weighted by Gasteiger charge is -2.32. The molecule has 5 rings (SSSR count). The molecule has 5 nitrogen and oxygen atoms in total. The molecule has 0 bridgehead atoms. The van der Waals surface area contributed by atoms with Gasteiger partial charge in [0.15, 0.2) is 0 Å². The van der Waals surface area contributed by atoms with Crippen LogP contribution in [0.25, 0.3) is 22.3 Å². The fourth-order valence-electron chi connectivity index (χ4n) is 4.38. The summed E-state index contributed by atoms with van der Waals surface area (Å²) in [6, 6.07) is 20.2. The topological polar surface area (TPSA) is 53.9 Å². The van der Waals surface area contributed by atoms with Crippen molar-refractivity contribution in [1.82, 2.24) is 19.4 Å². The number of aromatic nitrogens is 3. The molecule has 0 atom stereocenters. The summed E-state index contributed by atoms with van der Waals surface area (Å²) in [5.41, 5.74) is 5.19. The molecule has 0 saturated carbocycles. The van der Waals surface area contributed by atoms with Crippen molar-refractivity contribution in [2.45, 2.75) is 25.4 Å². The molecule has 0 spiro atoms. The Labute approximate surface area is 179 Å². The van der Waals surface area contributed by atoms with Crippen molar-refractivity contribution in [2.75, 3.05) is 13.1 Å². The minimum Gasteiger partial charge on any atom is -0.306 e. The molecule has 0 aliphatic carbocycles. The van der Waals surface area contributed by atoms with Crippen molar-refractivity contribution in [1.29, 1.82) is 0 Å². The summed E-state index contributed by atoms with van der Waals surface area (Å²) in [4.78, 5) is 22.4. The molecule has 152 valence electrons. The monoisotopic (exact) mass is 418 g/mol. The van der Waals surface area contributed by atoms with E-state index in [1.807, 2.05) is 59.3 Å². The Bertz CT molecular complexity index is 1220. The van der Waals surface area contributed by atoms with Gasteiger partial charge in [-0.3, -0.25) is 14.5 Å². The average Bonchev–Trinajstić information content (AvgIpc) is 3.11. The second-order valence-corrected chi connectivity index (χ2v) is 8.32. The van der Waals surface area contributed by atoms with Gasteiger partial charge >= 0.3 is 5.69 Å². The standard InChI is InChI=1S/C24H23ClN4O/c25-19-7-5-18(6-8-19)22-15-17(9-12-26-22)16-28-13-10-20(11-14-28)29-23-4-2-1-3-21(23)27-24(29)30/h1-9,12,15,20H,10-11,13-14,16H2,(H,27,30). The molecular formula is C24H23ClN4O. The van der Waals surface area contributed by atoms with Crippen LogP contribution in [0.3, 0.4) is 0 Å². The molecule has 2 aromatic heterocycles. The Morgan fingerprint density at radius 2 is 1.80 bits per heavy atom. The lowest BCUT2D eigenvalue weighted by molar-refractivity contribution is 0.180. The zero-order valence-electron chi connectivity index (χ0n) is 16.6. The molecule has 1 aliphatic heterocycles. The molecule has 0 amide bonds. The minimum atomic E-state index is -0.00334. The summed E-state index contributed by atoms with van der Waals surface area (Å²) in [6.07, 6.45) is 3.81. The van der Waals surface area contributed by atoms with Gasteiger partial charge in [0.05, 0.1) is 16.7 Å². The second kappa shape index (κ2) is 8.09. The van der Waals surface area contributed by atoms with Crippen LogP contribution in [-0.4, -0.2) is 32.5 Å². The molecule has 4 aromatic rings. The third kappa shape index (κ3) is 3.78. The van der Waals surface area contributed by atoms with E-state index in [0.29, 0.717) is 0 Å². The van der Waals surface area contributed by atoms with Gasteiger partial charge in [-0.05, 0) is 54.8 Å². The van der Waals surface area contributed by atoms with E-state index in [0.717, 1.165) is 59.8 Å². The molecule has 0 radical (unpaired) electrons. The van der Waals surface area contributed by atoms with Crippen LogP contribution in [0.2, 0.25) is 5.02 Å². The molecule has 1 fully saturated rings. The number of rotatable bonds is 4. The summed E-state index contributed by atoms with van der Waals surface area (Å²) < 4.78 is 1.94. The summed E-state index contributed by atoms with van der Waals surface area (Å²) in [5, 5.41) is 0.729. The quantitative estimate of drug-likeness (QED) is 0.513. The summed E-state index contributed by atoms with van der Waals surface area (Å²) in [7, 11) is 0. The van der Waals surface area contributed by atoms with Crippen molar-refractivity contribution in [3.63, 3.8) is 0 Å². The molecule has 3 heterocycles. The highest BCUT2D eigenvalue weighted by atomic mass is 35.5. The molecule has 1 N–H and O–H groups in total. The Balaban J connectivity index is 1.27. The van der Waals surface area contributed by atoms with Crippen molar-refractivity contribution in [3.8, 4) is 11.3 Å². The zero-order valence-corrected chi connectivity index (χ0v) is 17.3. The summed E-state index contributed by atoms with van der Waals surface area (Å²) in [5.74, 6) is 0.